The second kappa shape index (κ2) is 10.4. The zero-order valence-corrected chi connectivity index (χ0v) is 24.2. The first-order valence-corrected chi connectivity index (χ1v) is 14.4. The number of nitrogens with two attached hydrogens (primary N) is 1. The van der Waals surface area contributed by atoms with Gasteiger partial charge in [-0.15, -0.1) is 11.3 Å². The Kier molecular flexibility index (Phi) is 7.04. The Labute approximate surface area is 252 Å². The van der Waals surface area contributed by atoms with Gasteiger partial charge in [0.1, 0.15) is 40.5 Å². The van der Waals surface area contributed by atoms with Crippen LogP contribution in [-0.2, 0) is 15.8 Å². The number of aromatic nitrogens is 2. The molecule has 0 unspecified atom stereocenters. The molecule has 3 heterocycles. The molecule has 4 aromatic rings. The predicted octanol–water partition coefficient (Wildman–Crippen LogP) is 4.70. The van der Waals surface area contributed by atoms with E-state index in [0.717, 1.165) is 36.0 Å². The average Bonchev–Trinajstić information content (AvgIpc) is 3.65. The van der Waals surface area contributed by atoms with Crippen LogP contribution < -0.4 is 20.5 Å². The number of carbonyl (C=O) groups is 2. The molecule has 2 aliphatic rings. The number of aliphatic hydroxyl groups is 1. The zero-order valence-electron chi connectivity index (χ0n) is 23.4. The number of ether oxygens (including phenoxy) is 2. The number of rotatable bonds is 8. The van der Waals surface area contributed by atoms with Crippen LogP contribution in [0.5, 0.6) is 11.5 Å². The molecule has 6 rings (SSSR count). The number of nitrogens with one attached hydrogen (secondary N) is 1. The van der Waals surface area contributed by atoms with Crippen molar-refractivity contribution < 1.29 is 41.7 Å². The number of methoxy groups -OCH3 is 1. The maximum atomic E-state index is 14.7. The molecule has 1 saturated carbocycles. The maximum absolute atomic E-state index is 14.7. The van der Waals surface area contributed by atoms with Crippen LogP contribution >= 0.6 is 11.3 Å². The number of nitrogens with zero attached hydrogens (tertiary/aromatic N) is 2. The molecule has 0 saturated heterocycles. The van der Waals surface area contributed by atoms with Gasteiger partial charge in [-0.1, -0.05) is 0 Å². The molecular formula is C30H26F4N4O5S. The molecule has 1 aliphatic carbocycles. The number of halogens is 4. The molecule has 1 fully saturated rings. The van der Waals surface area contributed by atoms with Gasteiger partial charge in [-0.05, 0) is 62.2 Å². The summed E-state index contributed by atoms with van der Waals surface area (Å²) in [5.74, 6) is -1.77. The topological polar surface area (TPSA) is 137 Å². The zero-order chi connectivity index (χ0) is 31.6. The molecular weight excluding hydrogens is 604 g/mol. The Balaban J connectivity index is 1.40. The van der Waals surface area contributed by atoms with E-state index < -0.39 is 47.1 Å². The van der Waals surface area contributed by atoms with Crippen LogP contribution in [0.15, 0.2) is 42.5 Å². The van der Waals surface area contributed by atoms with Gasteiger partial charge in [0, 0.05) is 22.6 Å². The van der Waals surface area contributed by atoms with E-state index in [4.69, 9.17) is 15.2 Å². The highest BCUT2D eigenvalue weighted by atomic mass is 32.1. The van der Waals surface area contributed by atoms with Crippen LogP contribution in [0.25, 0.3) is 21.5 Å². The molecule has 230 valence electrons. The van der Waals surface area contributed by atoms with E-state index in [1.807, 2.05) is 0 Å². The standard InChI is InChI=1S/C30H26F4N4O5S/c1-28(27(35)40)13-43-24-18(28)11-21(37-22(24)14-5-7-17(31)8-6-14)29(41,30(32,33)34)12-36-25(39)16-9-19(42-2)23-20(10-16)44-26(38-23)15-3-4-15/h5-11,15,41H,3-4,12-13H2,1-2H3,(H2,35,40)(H,36,39)/t28-,29-/m0/s1. The van der Waals surface area contributed by atoms with Crippen LogP contribution in [0.3, 0.4) is 0 Å². The largest absolute Gasteiger partial charge is 0.494 e. The highest BCUT2D eigenvalue weighted by Crippen LogP contribution is 2.48. The smallest absolute Gasteiger partial charge is 0.424 e. The van der Waals surface area contributed by atoms with Crippen molar-refractivity contribution in [3.05, 3.63) is 70.1 Å². The summed E-state index contributed by atoms with van der Waals surface area (Å²) in [7, 11) is 1.40. The van der Waals surface area contributed by atoms with Gasteiger partial charge in [0.05, 0.1) is 29.1 Å². The summed E-state index contributed by atoms with van der Waals surface area (Å²) >= 11 is 1.38. The van der Waals surface area contributed by atoms with Gasteiger partial charge in [0.25, 0.3) is 5.91 Å². The van der Waals surface area contributed by atoms with Crippen LogP contribution in [0.1, 0.15) is 52.3 Å². The van der Waals surface area contributed by atoms with Crippen molar-refractivity contribution in [3.8, 4) is 22.8 Å². The number of benzene rings is 2. The highest BCUT2D eigenvalue weighted by molar-refractivity contribution is 7.18. The Bertz CT molecular complexity index is 1810. The van der Waals surface area contributed by atoms with Crippen molar-refractivity contribution >= 4 is 33.4 Å². The van der Waals surface area contributed by atoms with E-state index in [1.54, 1.807) is 0 Å². The number of amides is 2. The van der Waals surface area contributed by atoms with Gasteiger partial charge >= 0.3 is 6.18 Å². The lowest BCUT2D eigenvalue weighted by Crippen LogP contribution is -2.51. The molecule has 0 spiro atoms. The molecule has 2 aromatic carbocycles. The molecule has 44 heavy (non-hydrogen) atoms. The maximum Gasteiger partial charge on any atom is 0.424 e. The number of hydrogen-bond acceptors (Lipinski definition) is 8. The van der Waals surface area contributed by atoms with Crippen LogP contribution in [0, 0.1) is 5.82 Å². The normalized spacial score (nSPS) is 19.2. The minimum absolute atomic E-state index is 0.00786. The molecule has 14 heteroatoms. The van der Waals surface area contributed by atoms with Crippen LogP contribution in [-0.4, -0.2) is 53.3 Å². The lowest BCUT2D eigenvalue weighted by Gasteiger charge is -2.31. The molecule has 2 amide bonds. The van der Waals surface area contributed by atoms with Gasteiger partial charge in [-0.25, -0.2) is 14.4 Å². The van der Waals surface area contributed by atoms with Crippen LogP contribution in [0.2, 0.25) is 0 Å². The Morgan fingerprint density at radius 3 is 2.50 bits per heavy atom. The van der Waals surface area contributed by atoms with Crippen molar-refractivity contribution in [1.29, 1.82) is 0 Å². The van der Waals surface area contributed by atoms with Crippen molar-refractivity contribution in [3.63, 3.8) is 0 Å². The Hall–Kier alpha value is -4.30. The summed E-state index contributed by atoms with van der Waals surface area (Å²) < 4.78 is 69.5. The molecule has 0 bridgehead atoms. The minimum Gasteiger partial charge on any atom is -0.494 e. The molecule has 1 aliphatic heterocycles. The quantitative estimate of drug-likeness (QED) is 0.240. The number of hydrogen-bond donors (Lipinski definition) is 3. The van der Waals surface area contributed by atoms with E-state index in [2.05, 4.69) is 15.3 Å². The second-order valence-corrected chi connectivity index (χ2v) is 12.2. The van der Waals surface area contributed by atoms with Gasteiger partial charge < -0.3 is 25.6 Å². The van der Waals surface area contributed by atoms with Crippen LogP contribution in [0.4, 0.5) is 17.6 Å². The number of alkyl halides is 3. The lowest BCUT2D eigenvalue weighted by atomic mass is 9.81. The van der Waals surface area contributed by atoms with Crippen molar-refractivity contribution in [2.75, 3.05) is 20.3 Å². The van der Waals surface area contributed by atoms with E-state index in [9.17, 15) is 32.3 Å². The van der Waals surface area contributed by atoms with Crippen molar-refractivity contribution in [2.24, 2.45) is 5.73 Å². The fourth-order valence-corrected chi connectivity index (χ4v) is 6.25. The highest BCUT2D eigenvalue weighted by Gasteiger charge is 2.57. The Morgan fingerprint density at radius 2 is 1.89 bits per heavy atom. The molecule has 2 aromatic heterocycles. The number of carbonyl (C=O) groups excluding carboxylic acids is 2. The van der Waals surface area contributed by atoms with E-state index in [1.165, 1.54) is 49.6 Å². The second-order valence-electron chi connectivity index (χ2n) is 11.1. The third-order valence-corrected chi connectivity index (χ3v) is 9.18. The lowest BCUT2D eigenvalue weighted by molar-refractivity contribution is -0.265. The Morgan fingerprint density at radius 1 is 1.18 bits per heavy atom. The number of fused-ring (bicyclic) bond motifs is 2. The molecule has 4 N–H and O–H groups in total. The summed E-state index contributed by atoms with van der Waals surface area (Å²) in [6, 6.07) is 8.50. The summed E-state index contributed by atoms with van der Waals surface area (Å²) in [6.07, 6.45) is -3.33. The fraction of sp³-hybridized carbons (Fsp3) is 0.333. The van der Waals surface area contributed by atoms with E-state index >= 15 is 0 Å². The SMILES string of the molecule is COc1cc(C(=O)NC[C@](O)(c2cc3c(c(-c4ccc(F)cc4)n2)OC[C@]3(C)C(N)=O)C(F)(F)F)cc2sc(C3CC3)nc12. The third-order valence-electron chi connectivity index (χ3n) is 8.02. The van der Waals surface area contributed by atoms with Gasteiger partial charge in [0.15, 0.2) is 0 Å². The fourth-order valence-electron chi connectivity index (χ4n) is 5.06. The predicted molar refractivity (Wildman–Crippen MR) is 152 cm³/mol. The number of thiazole rings is 1. The van der Waals surface area contributed by atoms with E-state index in [0.29, 0.717) is 16.1 Å². The molecule has 9 nitrogen and oxygen atoms in total. The first kappa shape index (κ1) is 29.8. The first-order valence-electron chi connectivity index (χ1n) is 13.6. The number of primary amides is 1. The van der Waals surface area contributed by atoms with Gasteiger partial charge in [-0.2, -0.15) is 13.2 Å². The van der Waals surface area contributed by atoms with Gasteiger partial charge in [-0.3, -0.25) is 9.59 Å². The van der Waals surface area contributed by atoms with E-state index in [-0.39, 0.29) is 40.5 Å². The average molecular weight is 631 g/mol. The summed E-state index contributed by atoms with van der Waals surface area (Å²) in [5.41, 5.74) is -0.0481. The monoisotopic (exact) mass is 630 g/mol. The van der Waals surface area contributed by atoms with Crippen molar-refractivity contribution in [2.45, 2.75) is 42.9 Å². The molecule has 0 radical (unpaired) electrons. The minimum atomic E-state index is -5.34. The summed E-state index contributed by atoms with van der Waals surface area (Å²) in [6.45, 7) is -0.220. The van der Waals surface area contributed by atoms with Gasteiger partial charge in [0.2, 0.25) is 11.5 Å². The molecule has 2 atom stereocenters. The van der Waals surface area contributed by atoms with Crippen molar-refractivity contribution in [1.82, 2.24) is 15.3 Å². The first-order chi connectivity index (χ1) is 20.7. The third kappa shape index (κ3) is 4.91. The summed E-state index contributed by atoms with van der Waals surface area (Å²) in [4.78, 5) is 34.3. The summed E-state index contributed by atoms with van der Waals surface area (Å²) in [5, 5.41) is 14.3. The number of pyridine rings is 1.